The Bertz CT molecular complexity index is 911. The Morgan fingerprint density at radius 1 is 1.22 bits per heavy atom. The molecule has 1 saturated heterocycles. The van der Waals surface area contributed by atoms with Crippen molar-refractivity contribution in [1.82, 2.24) is 25.0 Å². The Morgan fingerprint density at radius 2 is 1.96 bits per heavy atom. The number of carbonyl (C=O) groups is 2. The highest BCUT2D eigenvalue weighted by Crippen LogP contribution is 2.42. The molecule has 0 saturated carbocycles. The standard InChI is InChI=1S/C18H21ClN6O2/c1-10(2)8-9-24-13-15(26)20-18(27)23(3)16(13)25-14(21-22-17(24)25)11-6-4-5-7-12(11)19/h4-7,10,13,16H,8-9H2,1-3H3,(H,20,26,27). The number of anilines is 1. The molecular formula is C18H21ClN6O2. The molecule has 2 unspecified atom stereocenters. The average Bonchev–Trinajstić information content (AvgIpc) is 3.17. The minimum Gasteiger partial charge on any atom is -0.325 e. The maximum atomic E-state index is 12.7. The summed E-state index contributed by atoms with van der Waals surface area (Å²) in [5.74, 6) is 1.28. The summed E-state index contributed by atoms with van der Waals surface area (Å²) in [5.41, 5.74) is 0.717. The Morgan fingerprint density at radius 3 is 2.67 bits per heavy atom. The van der Waals surface area contributed by atoms with Crippen molar-refractivity contribution >= 4 is 29.5 Å². The van der Waals surface area contributed by atoms with Crippen molar-refractivity contribution in [3.05, 3.63) is 29.3 Å². The molecule has 4 rings (SSSR count). The number of hydrogen-bond acceptors (Lipinski definition) is 5. The topological polar surface area (TPSA) is 83.4 Å². The number of aromatic nitrogens is 3. The van der Waals surface area contributed by atoms with E-state index in [9.17, 15) is 9.59 Å². The lowest BCUT2D eigenvalue weighted by Gasteiger charge is -2.37. The van der Waals surface area contributed by atoms with Gasteiger partial charge in [-0.2, -0.15) is 0 Å². The van der Waals surface area contributed by atoms with Crippen molar-refractivity contribution in [2.75, 3.05) is 18.5 Å². The number of rotatable bonds is 4. The number of urea groups is 1. The van der Waals surface area contributed by atoms with E-state index in [1.54, 1.807) is 13.1 Å². The van der Waals surface area contributed by atoms with Gasteiger partial charge in [-0.3, -0.25) is 14.7 Å². The van der Waals surface area contributed by atoms with Gasteiger partial charge in [0, 0.05) is 19.2 Å². The lowest BCUT2D eigenvalue weighted by atomic mass is 10.1. The highest BCUT2D eigenvalue weighted by Gasteiger charge is 2.52. The minimum atomic E-state index is -0.543. The first-order valence-electron chi connectivity index (χ1n) is 8.94. The Hall–Kier alpha value is -2.61. The van der Waals surface area contributed by atoms with Gasteiger partial charge in [0.15, 0.2) is 11.9 Å². The smallest absolute Gasteiger partial charge is 0.325 e. The summed E-state index contributed by atoms with van der Waals surface area (Å²) in [5, 5.41) is 11.7. The summed E-state index contributed by atoms with van der Waals surface area (Å²) in [4.78, 5) is 28.4. The number of nitrogens with zero attached hydrogens (tertiary/aromatic N) is 5. The van der Waals surface area contributed by atoms with Crippen LogP contribution in [0.2, 0.25) is 5.02 Å². The molecule has 1 fully saturated rings. The zero-order chi connectivity index (χ0) is 19.3. The number of likely N-dealkylation sites (N-methyl/N-ethyl adjacent to an activating group) is 1. The van der Waals surface area contributed by atoms with Crippen LogP contribution in [-0.4, -0.2) is 51.2 Å². The second-order valence-corrected chi connectivity index (χ2v) is 7.72. The van der Waals surface area contributed by atoms with Crippen LogP contribution in [0.1, 0.15) is 26.4 Å². The molecule has 0 radical (unpaired) electrons. The van der Waals surface area contributed by atoms with Gasteiger partial charge in [0.2, 0.25) is 5.95 Å². The van der Waals surface area contributed by atoms with Gasteiger partial charge in [-0.05, 0) is 24.5 Å². The van der Waals surface area contributed by atoms with Gasteiger partial charge < -0.3 is 9.80 Å². The summed E-state index contributed by atoms with van der Waals surface area (Å²) < 4.78 is 1.85. The van der Waals surface area contributed by atoms with Crippen LogP contribution in [0.25, 0.3) is 11.4 Å². The van der Waals surface area contributed by atoms with E-state index in [1.165, 1.54) is 4.90 Å². The maximum Gasteiger partial charge on any atom is 0.325 e. The van der Waals surface area contributed by atoms with E-state index in [2.05, 4.69) is 29.4 Å². The second kappa shape index (κ2) is 6.53. The first kappa shape index (κ1) is 17.8. The molecule has 2 atom stereocenters. The molecule has 1 N–H and O–H groups in total. The maximum absolute atomic E-state index is 12.7. The summed E-state index contributed by atoms with van der Waals surface area (Å²) in [6.45, 7) is 4.91. The van der Waals surface area contributed by atoms with Crippen molar-refractivity contribution in [3.63, 3.8) is 0 Å². The number of amides is 3. The second-order valence-electron chi connectivity index (χ2n) is 7.31. The molecule has 9 heteroatoms. The third-order valence-corrected chi connectivity index (χ3v) is 5.43. The van der Waals surface area contributed by atoms with Gasteiger partial charge in [0.25, 0.3) is 5.91 Å². The first-order chi connectivity index (χ1) is 12.9. The number of benzene rings is 1. The molecule has 0 spiro atoms. The summed E-state index contributed by atoms with van der Waals surface area (Å²) in [6, 6.07) is 6.37. The molecule has 3 heterocycles. The summed E-state index contributed by atoms with van der Waals surface area (Å²) in [6.07, 6.45) is 0.373. The predicted molar refractivity (Wildman–Crippen MR) is 101 cm³/mol. The molecule has 2 aliphatic heterocycles. The molecule has 2 aromatic rings. The summed E-state index contributed by atoms with van der Waals surface area (Å²) in [7, 11) is 1.67. The molecular weight excluding hydrogens is 368 g/mol. The quantitative estimate of drug-likeness (QED) is 0.870. The molecule has 1 aromatic carbocycles. The van der Waals surface area contributed by atoms with Gasteiger partial charge in [-0.25, -0.2) is 4.79 Å². The normalized spacial score (nSPS) is 21.5. The fraction of sp³-hybridized carbons (Fsp3) is 0.444. The highest BCUT2D eigenvalue weighted by molar-refractivity contribution is 6.33. The molecule has 2 aliphatic rings. The van der Waals surface area contributed by atoms with E-state index >= 15 is 0 Å². The molecule has 0 bridgehead atoms. The van der Waals surface area contributed by atoms with Crippen LogP contribution >= 0.6 is 11.6 Å². The minimum absolute atomic E-state index is 0.317. The van der Waals surface area contributed by atoms with Crippen LogP contribution in [-0.2, 0) is 4.79 Å². The van der Waals surface area contributed by atoms with Crippen molar-refractivity contribution in [1.29, 1.82) is 0 Å². The van der Waals surface area contributed by atoms with E-state index in [1.807, 2.05) is 27.7 Å². The number of nitrogens with one attached hydrogen (secondary N) is 1. The van der Waals surface area contributed by atoms with Crippen LogP contribution in [0.3, 0.4) is 0 Å². The van der Waals surface area contributed by atoms with E-state index in [0.717, 1.165) is 6.42 Å². The monoisotopic (exact) mass is 388 g/mol. The zero-order valence-corrected chi connectivity index (χ0v) is 16.1. The van der Waals surface area contributed by atoms with Crippen LogP contribution in [0.5, 0.6) is 0 Å². The van der Waals surface area contributed by atoms with Gasteiger partial charge >= 0.3 is 6.03 Å². The fourth-order valence-electron chi connectivity index (χ4n) is 3.66. The molecule has 142 valence electrons. The van der Waals surface area contributed by atoms with Crippen molar-refractivity contribution in [3.8, 4) is 11.4 Å². The largest absolute Gasteiger partial charge is 0.325 e. The van der Waals surface area contributed by atoms with Crippen LogP contribution in [0.15, 0.2) is 24.3 Å². The highest BCUT2D eigenvalue weighted by atomic mass is 35.5. The molecule has 27 heavy (non-hydrogen) atoms. The lowest BCUT2D eigenvalue weighted by Crippen LogP contribution is -2.61. The lowest BCUT2D eigenvalue weighted by molar-refractivity contribution is -0.124. The fourth-order valence-corrected chi connectivity index (χ4v) is 3.88. The Balaban J connectivity index is 1.85. The van der Waals surface area contributed by atoms with Crippen molar-refractivity contribution in [2.45, 2.75) is 32.5 Å². The molecule has 1 aromatic heterocycles. The number of hydrogen-bond donors (Lipinski definition) is 1. The number of carbonyl (C=O) groups excluding carboxylic acids is 2. The van der Waals surface area contributed by atoms with Crippen LogP contribution < -0.4 is 10.2 Å². The number of halogens is 1. The van der Waals surface area contributed by atoms with Gasteiger partial charge in [0.05, 0.1) is 5.02 Å². The molecule has 0 aliphatic carbocycles. The SMILES string of the molecule is CC(C)CCN1c2nnc(-c3ccccc3Cl)n2C2C1C(=O)NC(=O)N2C. The Labute approximate surface area is 162 Å². The van der Waals surface area contributed by atoms with Crippen LogP contribution in [0, 0.1) is 5.92 Å². The van der Waals surface area contributed by atoms with Gasteiger partial charge in [0.1, 0.15) is 6.17 Å². The van der Waals surface area contributed by atoms with Gasteiger partial charge in [-0.1, -0.05) is 37.6 Å². The van der Waals surface area contributed by atoms with Crippen molar-refractivity contribution < 1.29 is 9.59 Å². The third kappa shape index (κ3) is 2.75. The molecule has 3 amide bonds. The third-order valence-electron chi connectivity index (χ3n) is 5.10. The van der Waals surface area contributed by atoms with Crippen LogP contribution in [0.4, 0.5) is 10.7 Å². The average molecular weight is 389 g/mol. The van der Waals surface area contributed by atoms with Crippen molar-refractivity contribution in [2.24, 2.45) is 5.92 Å². The first-order valence-corrected chi connectivity index (χ1v) is 9.32. The number of fused-ring (bicyclic) bond motifs is 3. The summed E-state index contributed by atoms with van der Waals surface area (Å²) >= 11 is 6.37. The Kier molecular flexibility index (Phi) is 4.30. The predicted octanol–water partition coefficient (Wildman–Crippen LogP) is 2.51. The van der Waals surface area contributed by atoms with E-state index < -0.39 is 18.2 Å². The van der Waals surface area contributed by atoms with E-state index in [-0.39, 0.29) is 5.91 Å². The number of imide groups is 1. The van der Waals surface area contributed by atoms with E-state index in [0.29, 0.717) is 34.8 Å². The zero-order valence-electron chi connectivity index (χ0n) is 15.4. The van der Waals surface area contributed by atoms with Gasteiger partial charge in [-0.15, -0.1) is 10.2 Å². The molecule has 8 nitrogen and oxygen atoms in total. The van der Waals surface area contributed by atoms with E-state index in [4.69, 9.17) is 11.6 Å².